The van der Waals surface area contributed by atoms with Crippen molar-refractivity contribution in [1.29, 1.82) is 0 Å². The third kappa shape index (κ3) is 4.92. The fourth-order valence-electron chi connectivity index (χ4n) is 3.81. The van der Waals surface area contributed by atoms with Crippen molar-refractivity contribution in [1.82, 2.24) is 5.32 Å². The van der Waals surface area contributed by atoms with E-state index in [1.54, 1.807) is 36.4 Å². The van der Waals surface area contributed by atoms with E-state index in [0.717, 1.165) is 12.1 Å². The number of rotatable bonds is 6. The minimum absolute atomic E-state index is 0.230. The molecule has 0 radical (unpaired) electrons. The zero-order chi connectivity index (χ0) is 23.5. The van der Waals surface area contributed by atoms with Gasteiger partial charge in [0.2, 0.25) is 0 Å². The van der Waals surface area contributed by atoms with Crippen molar-refractivity contribution in [2.75, 3.05) is 14.2 Å². The van der Waals surface area contributed by atoms with Gasteiger partial charge in [-0.2, -0.15) is 13.2 Å². The van der Waals surface area contributed by atoms with Gasteiger partial charge in [0.15, 0.2) is 0 Å². The van der Waals surface area contributed by atoms with E-state index in [9.17, 15) is 27.2 Å². The van der Waals surface area contributed by atoms with Gasteiger partial charge in [0.25, 0.3) is 5.91 Å². The number of halogens is 4. The van der Waals surface area contributed by atoms with Gasteiger partial charge in [0, 0.05) is 6.04 Å². The number of hydrogen-bond acceptors (Lipinski definition) is 4. The number of ether oxygens (including phenoxy) is 2. The third-order valence-electron chi connectivity index (χ3n) is 5.34. The van der Waals surface area contributed by atoms with Gasteiger partial charge in [0.1, 0.15) is 11.6 Å². The first-order chi connectivity index (χ1) is 15.2. The third-order valence-corrected chi connectivity index (χ3v) is 5.34. The Morgan fingerprint density at radius 2 is 1.75 bits per heavy atom. The Kier molecular flexibility index (Phi) is 6.86. The molecule has 1 amide bonds. The zero-order valence-corrected chi connectivity index (χ0v) is 17.3. The minimum Gasteiger partial charge on any atom is -0.497 e. The number of hydrogen-bond donors (Lipinski definition) is 1. The summed E-state index contributed by atoms with van der Waals surface area (Å²) >= 11 is 0. The van der Waals surface area contributed by atoms with Crippen molar-refractivity contribution in [3.05, 3.63) is 77.1 Å². The fraction of sp³-hybridized carbons (Fsp3) is 0.304. The van der Waals surface area contributed by atoms with E-state index in [0.29, 0.717) is 17.4 Å². The number of benzene rings is 2. The molecule has 170 valence electrons. The van der Waals surface area contributed by atoms with Gasteiger partial charge in [-0.1, -0.05) is 30.4 Å². The number of esters is 1. The lowest BCUT2D eigenvalue weighted by atomic mass is 9.85. The molecule has 2 aromatic rings. The molecule has 3 unspecified atom stereocenters. The molecule has 0 heterocycles. The number of methoxy groups -OCH3 is 2. The van der Waals surface area contributed by atoms with Gasteiger partial charge in [-0.05, 0) is 42.2 Å². The van der Waals surface area contributed by atoms with Crippen molar-refractivity contribution >= 4 is 11.9 Å². The molecular formula is C23H21F4NO4. The quantitative estimate of drug-likeness (QED) is 0.400. The van der Waals surface area contributed by atoms with Crippen LogP contribution >= 0.6 is 0 Å². The maximum atomic E-state index is 14.1. The molecule has 0 saturated carbocycles. The van der Waals surface area contributed by atoms with E-state index < -0.39 is 47.0 Å². The summed E-state index contributed by atoms with van der Waals surface area (Å²) in [6, 6.07) is 8.50. The molecular weight excluding hydrogens is 430 g/mol. The molecule has 1 aliphatic rings. The second-order valence-electron chi connectivity index (χ2n) is 7.30. The summed E-state index contributed by atoms with van der Waals surface area (Å²) in [4.78, 5) is 25.0. The van der Waals surface area contributed by atoms with E-state index >= 15 is 0 Å². The number of nitrogens with one attached hydrogen (secondary N) is 1. The molecule has 3 atom stereocenters. The van der Waals surface area contributed by atoms with Crippen LogP contribution in [0.1, 0.15) is 33.8 Å². The first-order valence-electron chi connectivity index (χ1n) is 9.72. The summed E-state index contributed by atoms with van der Waals surface area (Å²) in [6.07, 6.45) is -1.38. The van der Waals surface area contributed by atoms with Crippen molar-refractivity contribution < 1.29 is 36.6 Å². The largest absolute Gasteiger partial charge is 0.497 e. The first kappa shape index (κ1) is 23.3. The van der Waals surface area contributed by atoms with Crippen LogP contribution in [0.25, 0.3) is 0 Å². The average Bonchev–Trinajstić information content (AvgIpc) is 3.21. The van der Waals surface area contributed by atoms with Crippen LogP contribution in [0.15, 0.2) is 54.6 Å². The lowest BCUT2D eigenvalue weighted by molar-refractivity contribution is -0.143. The highest BCUT2D eigenvalue weighted by molar-refractivity contribution is 5.96. The van der Waals surface area contributed by atoms with Crippen LogP contribution in [0.5, 0.6) is 5.75 Å². The average molecular weight is 451 g/mol. The van der Waals surface area contributed by atoms with Gasteiger partial charge in [0.05, 0.1) is 31.3 Å². The highest BCUT2D eigenvalue weighted by atomic mass is 19.4. The smallest absolute Gasteiger partial charge is 0.417 e. The lowest BCUT2D eigenvalue weighted by Crippen LogP contribution is -2.35. The second-order valence-corrected chi connectivity index (χ2v) is 7.30. The van der Waals surface area contributed by atoms with Gasteiger partial charge in [-0.15, -0.1) is 0 Å². The van der Waals surface area contributed by atoms with Crippen LogP contribution in [0.2, 0.25) is 0 Å². The molecule has 32 heavy (non-hydrogen) atoms. The van der Waals surface area contributed by atoms with E-state index in [4.69, 9.17) is 9.47 Å². The van der Waals surface area contributed by atoms with Crippen molar-refractivity contribution in [2.45, 2.75) is 24.6 Å². The summed E-state index contributed by atoms with van der Waals surface area (Å²) in [5.41, 5.74) is -1.75. The molecule has 1 N–H and O–H groups in total. The maximum absolute atomic E-state index is 14.1. The van der Waals surface area contributed by atoms with Gasteiger partial charge < -0.3 is 14.8 Å². The molecule has 9 heteroatoms. The monoisotopic (exact) mass is 451 g/mol. The Morgan fingerprint density at radius 3 is 2.34 bits per heavy atom. The molecule has 3 rings (SSSR count). The molecule has 0 saturated heterocycles. The summed E-state index contributed by atoms with van der Waals surface area (Å²) in [5.74, 6) is -3.40. The predicted molar refractivity (Wildman–Crippen MR) is 108 cm³/mol. The number of alkyl halides is 3. The standard InChI is InChI=1S/C23H21F4NO4/c1-31-16-10-7-13(8-11-16)19(22(30)32-2)14-6-9-15(12-14)28-21(29)20-17(23(25,26)27)4-3-5-18(20)24/h3-11,14-15,19H,12H2,1-2H3,(H,28,29). The van der Waals surface area contributed by atoms with Crippen molar-refractivity contribution in [3.8, 4) is 5.75 Å². The summed E-state index contributed by atoms with van der Waals surface area (Å²) < 4.78 is 63.8. The Bertz CT molecular complexity index is 1020. The second kappa shape index (κ2) is 9.42. The number of allylic oxidation sites excluding steroid dienone is 1. The lowest BCUT2D eigenvalue weighted by Gasteiger charge is -2.22. The van der Waals surface area contributed by atoms with Crippen LogP contribution < -0.4 is 10.1 Å². The Hall–Kier alpha value is -3.36. The highest BCUT2D eigenvalue weighted by Crippen LogP contribution is 2.36. The molecule has 2 aromatic carbocycles. The minimum atomic E-state index is -4.88. The van der Waals surface area contributed by atoms with Gasteiger partial charge >= 0.3 is 12.1 Å². The van der Waals surface area contributed by atoms with Crippen LogP contribution in [0, 0.1) is 11.7 Å². The maximum Gasteiger partial charge on any atom is 0.417 e. The fourth-order valence-corrected chi connectivity index (χ4v) is 3.81. The zero-order valence-electron chi connectivity index (χ0n) is 17.3. The first-order valence-corrected chi connectivity index (χ1v) is 9.72. The van der Waals surface area contributed by atoms with Crippen LogP contribution in [0.3, 0.4) is 0 Å². The highest BCUT2D eigenvalue weighted by Gasteiger charge is 2.38. The van der Waals surface area contributed by atoms with Gasteiger partial charge in [-0.25, -0.2) is 4.39 Å². The van der Waals surface area contributed by atoms with E-state index in [1.807, 2.05) is 0 Å². The normalized spacial score (nSPS) is 18.8. The van der Waals surface area contributed by atoms with Crippen LogP contribution in [0.4, 0.5) is 17.6 Å². The topological polar surface area (TPSA) is 64.6 Å². The number of carbonyl (C=O) groups is 2. The summed E-state index contributed by atoms with van der Waals surface area (Å²) in [7, 11) is 2.77. The van der Waals surface area contributed by atoms with Crippen molar-refractivity contribution in [2.24, 2.45) is 5.92 Å². The Labute approximate surface area is 182 Å². The molecule has 0 aromatic heterocycles. The molecule has 5 nitrogen and oxygen atoms in total. The SMILES string of the molecule is COC(=O)C(c1ccc(OC)cc1)C1C=CC(NC(=O)c2c(F)cccc2C(F)(F)F)C1. The van der Waals surface area contributed by atoms with Crippen LogP contribution in [-0.2, 0) is 15.7 Å². The number of carbonyl (C=O) groups excluding carboxylic acids is 2. The van der Waals surface area contributed by atoms with Crippen molar-refractivity contribution in [3.63, 3.8) is 0 Å². The molecule has 0 fully saturated rings. The summed E-state index contributed by atoms with van der Waals surface area (Å²) in [5, 5.41) is 2.42. The Morgan fingerprint density at radius 1 is 1.06 bits per heavy atom. The number of amides is 1. The Balaban J connectivity index is 1.78. The molecule has 0 bridgehead atoms. The van der Waals surface area contributed by atoms with Gasteiger partial charge in [-0.3, -0.25) is 9.59 Å². The summed E-state index contributed by atoms with van der Waals surface area (Å²) in [6.45, 7) is 0. The van der Waals surface area contributed by atoms with E-state index in [-0.39, 0.29) is 12.3 Å². The molecule has 1 aliphatic carbocycles. The van der Waals surface area contributed by atoms with E-state index in [2.05, 4.69) is 5.32 Å². The molecule has 0 aliphatic heterocycles. The predicted octanol–water partition coefficient (Wildman–Crippen LogP) is 4.48. The van der Waals surface area contributed by atoms with E-state index in [1.165, 1.54) is 14.2 Å². The molecule has 0 spiro atoms. The van der Waals surface area contributed by atoms with Crippen LogP contribution in [-0.4, -0.2) is 32.1 Å².